The molecular formula is C22H19N3O2S2. The Morgan fingerprint density at radius 3 is 2.76 bits per heavy atom. The van der Waals surface area contributed by atoms with Crippen LogP contribution in [0.25, 0.3) is 21.5 Å². The minimum Gasteiger partial charge on any atom is -0.496 e. The van der Waals surface area contributed by atoms with Crippen LogP contribution in [-0.4, -0.2) is 21.6 Å². The van der Waals surface area contributed by atoms with E-state index in [2.05, 4.69) is 5.38 Å². The number of nitrogens with zero attached hydrogens (tertiary/aromatic N) is 3. The molecule has 29 heavy (non-hydrogen) atoms. The van der Waals surface area contributed by atoms with E-state index in [1.807, 2.05) is 53.1 Å². The predicted octanol–water partition coefficient (Wildman–Crippen LogP) is 5.16. The highest BCUT2D eigenvalue weighted by atomic mass is 32.2. The number of thioether (sulfide) groups is 1. The van der Waals surface area contributed by atoms with Gasteiger partial charge in [0, 0.05) is 17.2 Å². The Kier molecular flexibility index (Phi) is 4.85. The second kappa shape index (κ2) is 7.65. The number of aromatic nitrogens is 3. The molecule has 1 aliphatic rings. The van der Waals surface area contributed by atoms with Crippen molar-refractivity contribution in [2.75, 3.05) is 7.11 Å². The van der Waals surface area contributed by atoms with Gasteiger partial charge in [-0.25, -0.2) is 9.97 Å². The van der Waals surface area contributed by atoms with Gasteiger partial charge in [0.15, 0.2) is 5.16 Å². The third-order valence-corrected chi connectivity index (χ3v) is 6.84. The molecule has 7 heteroatoms. The van der Waals surface area contributed by atoms with Gasteiger partial charge in [-0.2, -0.15) is 0 Å². The van der Waals surface area contributed by atoms with Crippen LogP contribution < -0.4 is 10.3 Å². The third-order valence-electron chi connectivity index (χ3n) is 4.93. The van der Waals surface area contributed by atoms with E-state index in [1.54, 1.807) is 30.2 Å². The monoisotopic (exact) mass is 421 g/mol. The molecule has 0 unspecified atom stereocenters. The van der Waals surface area contributed by atoms with Crippen LogP contribution in [0.3, 0.4) is 0 Å². The van der Waals surface area contributed by atoms with Crippen LogP contribution in [0.1, 0.15) is 24.6 Å². The predicted molar refractivity (Wildman–Crippen MR) is 118 cm³/mol. The molecule has 0 radical (unpaired) electrons. The molecule has 2 aromatic heterocycles. The summed E-state index contributed by atoms with van der Waals surface area (Å²) in [4.78, 5) is 22.6. The molecule has 1 saturated carbocycles. The van der Waals surface area contributed by atoms with Crippen LogP contribution >= 0.6 is 23.1 Å². The van der Waals surface area contributed by atoms with Crippen molar-refractivity contribution >= 4 is 34.0 Å². The zero-order valence-corrected chi connectivity index (χ0v) is 17.5. The molecule has 0 amide bonds. The Labute approximate surface area is 176 Å². The zero-order valence-electron chi connectivity index (χ0n) is 15.9. The third kappa shape index (κ3) is 3.56. The number of fused-ring (bicyclic) bond motifs is 1. The summed E-state index contributed by atoms with van der Waals surface area (Å²) in [5.74, 6) is 1.49. The number of methoxy groups -OCH3 is 1. The van der Waals surface area contributed by atoms with Gasteiger partial charge in [0.1, 0.15) is 10.8 Å². The first-order chi connectivity index (χ1) is 14.2. The van der Waals surface area contributed by atoms with E-state index in [4.69, 9.17) is 14.7 Å². The average Bonchev–Trinajstić information content (AvgIpc) is 3.48. The van der Waals surface area contributed by atoms with Crippen LogP contribution in [0, 0.1) is 0 Å². The van der Waals surface area contributed by atoms with Crippen molar-refractivity contribution in [3.05, 3.63) is 70.0 Å². The van der Waals surface area contributed by atoms with Crippen molar-refractivity contribution in [3.63, 3.8) is 0 Å². The number of hydrogen-bond acceptors (Lipinski definition) is 6. The second-order valence-corrected chi connectivity index (χ2v) is 8.75. The quantitative estimate of drug-likeness (QED) is 0.318. The van der Waals surface area contributed by atoms with Gasteiger partial charge in [-0.15, -0.1) is 11.3 Å². The summed E-state index contributed by atoms with van der Waals surface area (Å²) in [6.45, 7) is 0. The van der Waals surface area contributed by atoms with Crippen molar-refractivity contribution in [2.45, 2.75) is 29.8 Å². The smallest absolute Gasteiger partial charge is 0.262 e. The molecule has 5 rings (SSSR count). The normalized spacial score (nSPS) is 13.7. The summed E-state index contributed by atoms with van der Waals surface area (Å²) >= 11 is 3.18. The molecule has 0 saturated heterocycles. The van der Waals surface area contributed by atoms with E-state index in [-0.39, 0.29) is 11.6 Å². The summed E-state index contributed by atoms with van der Waals surface area (Å²) in [6, 6.07) is 15.8. The number of ether oxygens (including phenoxy) is 1. The van der Waals surface area contributed by atoms with Crippen molar-refractivity contribution in [1.82, 2.24) is 14.5 Å². The van der Waals surface area contributed by atoms with Gasteiger partial charge < -0.3 is 4.74 Å². The van der Waals surface area contributed by atoms with Gasteiger partial charge in [0.25, 0.3) is 5.56 Å². The van der Waals surface area contributed by atoms with Crippen molar-refractivity contribution in [2.24, 2.45) is 0 Å². The lowest BCUT2D eigenvalue weighted by molar-refractivity contribution is 0.416. The molecule has 1 fully saturated rings. The van der Waals surface area contributed by atoms with Crippen LogP contribution in [0.15, 0.2) is 63.9 Å². The molecule has 4 aromatic rings. The maximum atomic E-state index is 13.0. The van der Waals surface area contributed by atoms with Gasteiger partial charge in [0.2, 0.25) is 0 Å². The van der Waals surface area contributed by atoms with Gasteiger partial charge >= 0.3 is 0 Å². The molecule has 0 N–H and O–H groups in total. The average molecular weight is 422 g/mol. The fourth-order valence-corrected chi connectivity index (χ4v) is 5.25. The highest BCUT2D eigenvalue weighted by molar-refractivity contribution is 7.98. The van der Waals surface area contributed by atoms with E-state index in [0.29, 0.717) is 11.1 Å². The minimum absolute atomic E-state index is 0.0635. The molecule has 146 valence electrons. The molecule has 0 spiro atoms. The second-order valence-electron chi connectivity index (χ2n) is 6.95. The van der Waals surface area contributed by atoms with Gasteiger partial charge in [-0.05, 0) is 37.1 Å². The molecule has 2 aromatic carbocycles. The largest absolute Gasteiger partial charge is 0.496 e. The van der Waals surface area contributed by atoms with Crippen LogP contribution in [0.5, 0.6) is 5.75 Å². The first-order valence-corrected chi connectivity index (χ1v) is 11.3. The van der Waals surface area contributed by atoms with Gasteiger partial charge in [0.05, 0.1) is 29.3 Å². The lowest BCUT2D eigenvalue weighted by atomic mass is 10.2. The van der Waals surface area contributed by atoms with E-state index in [1.165, 1.54) is 0 Å². The summed E-state index contributed by atoms with van der Waals surface area (Å²) in [5, 5.41) is 4.47. The lowest BCUT2D eigenvalue weighted by Gasteiger charge is -2.11. The molecular weight excluding hydrogens is 402 g/mol. The SMILES string of the molecule is COc1ccccc1-c1nc(CSc2nc3ccccc3c(=O)n2C2CC2)cs1. The first-order valence-electron chi connectivity index (χ1n) is 9.46. The standard InChI is InChI=1S/C22H19N3O2S2/c1-27-19-9-5-3-7-17(19)20-23-14(12-28-20)13-29-22-24-18-8-4-2-6-16(18)21(26)25(22)15-10-11-15/h2-9,12,15H,10-11,13H2,1H3. The Hall–Kier alpha value is -2.64. The first kappa shape index (κ1) is 18.4. The summed E-state index contributed by atoms with van der Waals surface area (Å²) < 4.78 is 7.33. The molecule has 0 bridgehead atoms. The maximum absolute atomic E-state index is 13.0. The highest BCUT2D eigenvalue weighted by Crippen LogP contribution is 2.38. The molecule has 2 heterocycles. The Morgan fingerprint density at radius 1 is 1.14 bits per heavy atom. The van der Waals surface area contributed by atoms with Crippen LogP contribution in [0.4, 0.5) is 0 Å². The number of benzene rings is 2. The number of hydrogen-bond donors (Lipinski definition) is 0. The van der Waals surface area contributed by atoms with Gasteiger partial charge in [-0.1, -0.05) is 36.0 Å². The summed E-state index contributed by atoms with van der Waals surface area (Å²) in [6.07, 6.45) is 2.09. The Bertz CT molecular complexity index is 1240. The summed E-state index contributed by atoms with van der Waals surface area (Å²) in [5.41, 5.74) is 2.79. The van der Waals surface area contributed by atoms with E-state index in [9.17, 15) is 4.79 Å². The zero-order chi connectivity index (χ0) is 19.8. The highest BCUT2D eigenvalue weighted by Gasteiger charge is 2.28. The van der Waals surface area contributed by atoms with Crippen molar-refractivity contribution in [1.29, 1.82) is 0 Å². The fraction of sp³-hybridized carbons (Fsp3) is 0.227. The lowest BCUT2D eigenvalue weighted by Crippen LogP contribution is -2.22. The molecule has 1 aliphatic carbocycles. The topological polar surface area (TPSA) is 57.0 Å². The maximum Gasteiger partial charge on any atom is 0.262 e. The van der Waals surface area contributed by atoms with E-state index in [0.717, 1.165) is 45.5 Å². The molecule has 0 atom stereocenters. The molecule has 0 aliphatic heterocycles. The van der Waals surface area contributed by atoms with Crippen molar-refractivity contribution in [3.8, 4) is 16.3 Å². The van der Waals surface area contributed by atoms with Crippen molar-refractivity contribution < 1.29 is 4.74 Å². The van der Waals surface area contributed by atoms with Crippen LogP contribution in [-0.2, 0) is 5.75 Å². The van der Waals surface area contributed by atoms with Crippen LogP contribution in [0.2, 0.25) is 0 Å². The van der Waals surface area contributed by atoms with Gasteiger partial charge in [-0.3, -0.25) is 9.36 Å². The molecule has 5 nitrogen and oxygen atoms in total. The number of thiazole rings is 1. The fourth-order valence-electron chi connectivity index (χ4n) is 3.34. The Balaban J connectivity index is 1.44. The number of para-hydroxylation sites is 2. The Morgan fingerprint density at radius 2 is 1.93 bits per heavy atom. The van der Waals surface area contributed by atoms with E-state index >= 15 is 0 Å². The number of rotatable bonds is 6. The minimum atomic E-state index is 0.0635. The summed E-state index contributed by atoms with van der Waals surface area (Å²) in [7, 11) is 1.67. The van der Waals surface area contributed by atoms with E-state index < -0.39 is 0 Å².